The van der Waals surface area contributed by atoms with Gasteiger partial charge in [-0.25, -0.2) is 4.39 Å². The monoisotopic (exact) mass is 267 g/mol. The first kappa shape index (κ1) is 16.1. The van der Waals surface area contributed by atoms with Crippen molar-refractivity contribution in [1.29, 1.82) is 0 Å². The van der Waals surface area contributed by atoms with Crippen LogP contribution in [0.4, 0.5) is 4.39 Å². The number of rotatable bonds is 8. The predicted molar refractivity (Wildman–Crippen MR) is 77.5 cm³/mol. The Hall–Kier alpha value is -0.930. The summed E-state index contributed by atoms with van der Waals surface area (Å²) in [6.07, 6.45) is 1.88. The highest BCUT2D eigenvalue weighted by Gasteiger charge is 2.14. The first-order chi connectivity index (χ1) is 9.04. The number of halogens is 1. The van der Waals surface area contributed by atoms with Crippen LogP contribution in [0.5, 0.6) is 0 Å². The molecule has 1 rings (SSSR count). The zero-order valence-corrected chi connectivity index (χ0v) is 12.2. The van der Waals surface area contributed by atoms with Crippen molar-refractivity contribution < 1.29 is 9.50 Å². The fraction of sp³-hybridized carbons (Fsp3) is 0.625. The quantitative estimate of drug-likeness (QED) is 0.755. The van der Waals surface area contributed by atoms with Crippen molar-refractivity contribution >= 4 is 0 Å². The first-order valence-corrected chi connectivity index (χ1v) is 7.13. The Labute approximate surface area is 116 Å². The molecule has 0 spiro atoms. The van der Waals surface area contributed by atoms with Gasteiger partial charge in [0, 0.05) is 18.2 Å². The molecule has 2 atom stereocenters. The van der Waals surface area contributed by atoms with Crippen LogP contribution in [-0.2, 0) is 0 Å². The molecule has 19 heavy (non-hydrogen) atoms. The van der Waals surface area contributed by atoms with Crippen molar-refractivity contribution in [2.45, 2.75) is 39.7 Å². The number of hydrogen-bond acceptors (Lipinski definition) is 2. The Balaban J connectivity index is 2.51. The average molecular weight is 267 g/mol. The van der Waals surface area contributed by atoms with Crippen molar-refractivity contribution in [3.05, 3.63) is 35.6 Å². The number of aliphatic hydroxyl groups excluding tert-OH is 1. The smallest absolute Gasteiger partial charge is 0.127 e. The molecule has 2 unspecified atom stereocenters. The van der Waals surface area contributed by atoms with Gasteiger partial charge in [0.2, 0.25) is 0 Å². The maximum absolute atomic E-state index is 13.6. The van der Waals surface area contributed by atoms with E-state index in [1.165, 1.54) is 6.07 Å². The van der Waals surface area contributed by atoms with E-state index in [2.05, 4.69) is 19.2 Å². The summed E-state index contributed by atoms with van der Waals surface area (Å²) < 4.78 is 13.6. The lowest BCUT2D eigenvalue weighted by Gasteiger charge is -2.22. The van der Waals surface area contributed by atoms with E-state index in [4.69, 9.17) is 5.11 Å². The fourth-order valence-corrected chi connectivity index (χ4v) is 2.43. The molecule has 0 heterocycles. The molecule has 2 N–H and O–H groups in total. The number of benzene rings is 1. The van der Waals surface area contributed by atoms with Crippen LogP contribution in [-0.4, -0.2) is 18.3 Å². The van der Waals surface area contributed by atoms with E-state index in [0.717, 1.165) is 19.4 Å². The third kappa shape index (κ3) is 5.70. The number of hydrogen-bond donors (Lipinski definition) is 2. The summed E-state index contributed by atoms with van der Waals surface area (Å²) in [7, 11) is 0. The largest absolute Gasteiger partial charge is 0.396 e. The van der Waals surface area contributed by atoms with Crippen molar-refractivity contribution in [1.82, 2.24) is 5.32 Å². The lowest BCUT2D eigenvalue weighted by atomic mass is 9.94. The van der Waals surface area contributed by atoms with E-state index in [0.29, 0.717) is 17.4 Å². The van der Waals surface area contributed by atoms with Crippen LogP contribution in [0.1, 0.15) is 45.2 Å². The first-order valence-electron chi connectivity index (χ1n) is 7.13. The Morgan fingerprint density at radius 1 is 1.21 bits per heavy atom. The third-order valence-electron chi connectivity index (χ3n) is 3.43. The summed E-state index contributed by atoms with van der Waals surface area (Å²) in [6.45, 7) is 7.38. The summed E-state index contributed by atoms with van der Waals surface area (Å²) in [5.41, 5.74) is 0.704. The molecule has 0 aromatic heterocycles. The van der Waals surface area contributed by atoms with Gasteiger partial charge in [0.15, 0.2) is 0 Å². The molecule has 2 nitrogen and oxygen atoms in total. The molecule has 0 fully saturated rings. The van der Waals surface area contributed by atoms with E-state index >= 15 is 0 Å². The third-order valence-corrected chi connectivity index (χ3v) is 3.43. The summed E-state index contributed by atoms with van der Waals surface area (Å²) in [5, 5.41) is 12.5. The van der Waals surface area contributed by atoms with Crippen molar-refractivity contribution in [2.24, 2.45) is 11.8 Å². The minimum absolute atomic E-state index is 0.00504. The van der Waals surface area contributed by atoms with Crippen LogP contribution < -0.4 is 5.32 Å². The normalized spacial score (nSPS) is 14.6. The summed E-state index contributed by atoms with van der Waals surface area (Å²) in [4.78, 5) is 0. The molecule has 3 heteroatoms. The molecule has 0 bridgehead atoms. The fourth-order valence-electron chi connectivity index (χ4n) is 2.43. The molecule has 0 aliphatic heterocycles. The van der Waals surface area contributed by atoms with Gasteiger partial charge >= 0.3 is 0 Å². The van der Waals surface area contributed by atoms with Gasteiger partial charge < -0.3 is 10.4 Å². The van der Waals surface area contributed by atoms with Gasteiger partial charge in [0.05, 0.1) is 0 Å². The van der Waals surface area contributed by atoms with Crippen LogP contribution in [0.3, 0.4) is 0 Å². The summed E-state index contributed by atoms with van der Waals surface area (Å²) in [6, 6.07) is 6.87. The van der Waals surface area contributed by atoms with Gasteiger partial charge in [-0.15, -0.1) is 0 Å². The average Bonchev–Trinajstić information content (AvgIpc) is 2.36. The second-order valence-electron chi connectivity index (χ2n) is 5.66. The van der Waals surface area contributed by atoms with Crippen LogP contribution in [0.25, 0.3) is 0 Å². The van der Waals surface area contributed by atoms with Gasteiger partial charge in [0.1, 0.15) is 5.82 Å². The molecule has 0 aliphatic rings. The Morgan fingerprint density at radius 3 is 2.47 bits per heavy atom. The highest BCUT2D eigenvalue weighted by molar-refractivity contribution is 5.20. The SMILES string of the molecule is CC(C)CC(CCO)CNC(C)c1ccccc1F. The molecule has 0 saturated carbocycles. The van der Waals surface area contributed by atoms with E-state index in [1.807, 2.05) is 19.1 Å². The Morgan fingerprint density at radius 2 is 1.89 bits per heavy atom. The van der Waals surface area contributed by atoms with Crippen molar-refractivity contribution in [2.75, 3.05) is 13.2 Å². The standard InChI is InChI=1S/C16H26FNO/c1-12(2)10-14(8-9-19)11-18-13(3)15-6-4-5-7-16(15)17/h4-7,12-14,18-19H,8-11H2,1-3H3. The lowest BCUT2D eigenvalue weighted by Crippen LogP contribution is -2.27. The molecule has 0 aliphatic carbocycles. The maximum atomic E-state index is 13.6. The maximum Gasteiger partial charge on any atom is 0.127 e. The van der Waals surface area contributed by atoms with Crippen molar-refractivity contribution in [3.63, 3.8) is 0 Å². The molecule has 0 radical (unpaired) electrons. The van der Waals surface area contributed by atoms with Crippen LogP contribution >= 0.6 is 0 Å². The van der Waals surface area contributed by atoms with Gasteiger partial charge in [-0.05, 0) is 44.2 Å². The summed E-state index contributed by atoms with van der Waals surface area (Å²) in [5.74, 6) is 0.895. The molecule has 1 aromatic rings. The van der Waals surface area contributed by atoms with Gasteiger partial charge in [-0.3, -0.25) is 0 Å². The summed E-state index contributed by atoms with van der Waals surface area (Å²) >= 11 is 0. The van der Waals surface area contributed by atoms with E-state index in [9.17, 15) is 4.39 Å². The second kappa shape index (κ2) is 8.28. The minimum atomic E-state index is -0.162. The van der Waals surface area contributed by atoms with Gasteiger partial charge in [0.25, 0.3) is 0 Å². The van der Waals surface area contributed by atoms with Crippen LogP contribution in [0.2, 0.25) is 0 Å². The topological polar surface area (TPSA) is 32.3 Å². The molecule has 108 valence electrons. The predicted octanol–water partition coefficient (Wildman–Crippen LogP) is 3.52. The van der Waals surface area contributed by atoms with Crippen LogP contribution in [0.15, 0.2) is 24.3 Å². The molecule has 0 amide bonds. The van der Waals surface area contributed by atoms with Gasteiger partial charge in [-0.2, -0.15) is 0 Å². The van der Waals surface area contributed by atoms with Crippen LogP contribution in [0, 0.1) is 17.7 Å². The molecule has 1 aromatic carbocycles. The Bertz CT molecular complexity index is 368. The Kier molecular flexibility index (Phi) is 7.03. The van der Waals surface area contributed by atoms with Crippen molar-refractivity contribution in [3.8, 4) is 0 Å². The number of nitrogens with one attached hydrogen (secondary N) is 1. The number of aliphatic hydroxyl groups is 1. The van der Waals surface area contributed by atoms with Gasteiger partial charge in [-0.1, -0.05) is 32.0 Å². The molecular weight excluding hydrogens is 241 g/mol. The molecule has 0 saturated heterocycles. The highest BCUT2D eigenvalue weighted by atomic mass is 19.1. The van der Waals surface area contributed by atoms with E-state index < -0.39 is 0 Å². The zero-order chi connectivity index (χ0) is 14.3. The lowest BCUT2D eigenvalue weighted by molar-refractivity contribution is 0.236. The van der Waals surface area contributed by atoms with E-state index in [-0.39, 0.29) is 18.5 Å². The highest BCUT2D eigenvalue weighted by Crippen LogP contribution is 2.19. The minimum Gasteiger partial charge on any atom is -0.396 e. The van der Waals surface area contributed by atoms with E-state index in [1.54, 1.807) is 6.07 Å². The molecular formula is C16H26FNO. The zero-order valence-electron chi connectivity index (χ0n) is 12.2. The second-order valence-corrected chi connectivity index (χ2v) is 5.66.